The number of carbonyl (C=O) groups excluding carboxylic acids is 2. The fraction of sp³-hybridized carbons (Fsp3) is 0.357. The molecule has 146 valence electrons. The number of carbonyl (C=O) groups is 3. The van der Waals surface area contributed by atoms with Crippen molar-refractivity contribution in [2.45, 2.75) is 31.3 Å². The zero-order chi connectivity index (χ0) is 20.9. The van der Waals surface area contributed by atoms with E-state index in [9.17, 15) is 39.7 Å². The summed E-state index contributed by atoms with van der Waals surface area (Å²) in [6.07, 6.45) is -1.02. The number of rotatable bonds is 10. The Bertz CT molecular complexity index is 811. The minimum Gasteiger partial charge on any atom is -0.480 e. The maximum atomic E-state index is 12.5. The van der Waals surface area contributed by atoms with Crippen LogP contribution in [0.1, 0.15) is 19.8 Å². The summed E-state index contributed by atoms with van der Waals surface area (Å²) < 4.78 is 0. The number of hydrogen-bond donors (Lipinski definition) is 4. The lowest BCUT2D eigenvalue weighted by atomic mass is 9.86. The second kappa shape index (κ2) is 8.18. The quantitative estimate of drug-likeness (QED) is 0.239. The van der Waals surface area contributed by atoms with E-state index in [-0.39, 0.29) is 5.69 Å². The van der Waals surface area contributed by atoms with Crippen molar-refractivity contribution in [3.05, 3.63) is 38.4 Å². The summed E-state index contributed by atoms with van der Waals surface area (Å²) in [6, 6.07) is 1.37. The van der Waals surface area contributed by atoms with E-state index < -0.39 is 63.3 Å². The first-order valence-corrected chi connectivity index (χ1v) is 7.44. The molecule has 0 spiro atoms. The molecule has 0 bridgehead atoms. The average molecular weight is 383 g/mol. The molecule has 0 fully saturated rings. The second-order valence-electron chi connectivity index (χ2n) is 5.69. The fourth-order valence-corrected chi connectivity index (χ4v) is 2.25. The number of nitrogens with two attached hydrogens (primary N) is 2. The van der Waals surface area contributed by atoms with Crippen LogP contribution < -0.4 is 16.8 Å². The molecule has 0 unspecified atom stereocenters. The van der Waals surface area contributed by atoms with Crippen molar-refractivity contribution in [1.82, 2.24) is 0 Å². The maximum absolute atomic E-state index is 12.5. The monoisotopic (exact) mass is 383 g/mol. The van der Waals surface area contributed by atoms with Gasteiger partial charge in [0.15, 0.2) is 11.3 Å². The molecule has 1 rings (SSSR count). The molecule has 0 saturated heterocycles. The molecule has 0 aromatic heterocycles. The van der Waals surface area contributed by atoms with Gasteiger partial charge in [-0.3, -0.25) is 29.8 Å². The lowest BCUT2D eigenvalue weighted by Crippen LogP contribution is -2.59. The topological polar surface area (TPSA) is 222 Å². The third-order valence-corrected chi connectivity index (χ3v) is 3.74. The molecule has 13 nitrogen and oxygen atoms in total. The molecular formula is C14H17N5O8. The Morgan fingerprint density at radius 3 is 2.30 bits per heavy atom. The summed E-state index contributed by atoms with van der Waals surface area (Å²) in [6.45, 7) is 1.21. The number of benzene rings is 1. The number of anilines is 1. The van der Waals surface area contributed by atoms with Gasteiger partial charge < -0.3 is 21.9 Å². The number of hydrogen-bond acceptors (Lipinski definition) is 9. The number of nitro groups is 2. The van der Waals surface area contributed by atoms with Crippen molar-refractivity contribution in [2.24, 2.45) is 11.5 Å². The van der Waals surface area contributed by atoms with Crippen LogP contribution in [0, 0.1) is 20.2 Å². The number of aliphatic carboxylic acids is 1. The van der Waals surface area contributed by atoms with Gasteiger partial charge in [0, 0.05) is 12.5 Å². The van der Waals surface area contributed by atoms with E-state index in [0.29, 0.717) is 6.07 Å². The van der Waals surface area contributed by atoms with Crippen LogP contribution in [0.25, 0.3) is 0 Å². The standard InChI is InChI=1S/C14H17N5O8/c1-7(12(21)14(16,13(22)23)5-4-11(15)20)17-9-3-2-8(18(24)25)6-10(9)19(26)27/h2-3,6-7,17H,4-5,16H2,1H3,(H2,15,20)(H,22,23)/t7-,14+/m0/s1. The summed E-state index contributed by atoms with van der Waals surface area (Å²) in [4.78, 5) is 54.9. The first-order chi connectivity index (χ1) is 12.4. The number of amides is 1. The Hall–Kier alpha value is -3.61. The van der Waals surface area contributed by atoms with Crippen LogP contribution in [0.2, 0.25) is 0 Å². The van der Waals surface area contributed by atoms with E-state index in [1.807, 2.05) is 0 Å². The molecule has 0 aliphatic heterocycles. The summed E-state index contributed by atoms with van der Waals surface area (Å²) in [5.41, 5.74) is 6.67. The Morgan fingerprint density at radius 2 is 1.85 bits per heavy atom. The van der Waals surface area contributed by atoms with Crippen LogP contribution in [0.3, 0.4) is 0 Å². The van der Waals surface area contributed by atoms with Crippen LogP contribution in [0.15, 0.2) is 18.2 Å². The van der Waals surface area contributed by atoms with Crippen molar-refractivity contribution < 1.29 is 29.3 Å². The number of nitrogens with zero attached hydrogens (tertiary/aromatic N) is 2. The molecular weight excluding hydrogens is 366 g/mol. The van der Waals surface area contributed by atoms with E-state index in [1.165, 1.54) is 6.92 Å². The lowest BCUT2D eigenvalue weighted by molar-refractivity contribution is -0.393. The number of ketones is 1. The largest absolute Gasteiger partial charge is 0.480 e. The van der Waals surface area contributed by atoms with E-state index >= 15 is 0 Å². The Labute approximate surface area is 151 Å². The van der Waals surface area contributed by atoms with Gasteiger partial charge in [-0.15, -0.1) is 0 Å². The minimum atomic E-state index is -2.45. The van der Waals surface area contributed by atoms with Gasteiger partial charge in [-0.25, -0.2) is 4.79 Å². The van der Waals surface area contributed by atoms with Crippen LogP contribution in [-0.2, 0) is 14.4 Å². The SMILES string of the molecule is C[C@H](Nc1ccc([N+](=O)[O-])cc1[N+](=O)[O-])C(=O)[C@](N)(CCC(N)=O)C(=O)O. The van der Waals surface area contributed by atoms with Gasteiger partial charge in [-0.1, -0.05) is 0 Å². The number of non-ortho nitro benzene ring substituents is 1. The smallest absolute Gasteiger partial charge is 0.331 e. The molecule has 1 aromatic rings. The molecule has 0 aliphatic carbocycles. The number of nitrogens with one attached hydrogen (secondary N) is 1. The van der Waals surface area contributed by atoms with Gasteiger partial charge in [-0.2, -0.15) is 0 Å². The highest BCUT2D eigenvalue weighted by atomic mass is 16.6. The predicted molar refractivity (Wildman–Crippen MR) is 90.8 cm³/mol. The highest BCUT2D eigenvalue weighted by molar-refractivity contribution is 6.11. The summed E-state index contributed by atoms with van der Waals surface area (Å²) in [5, 5.41) is 33.6. The van der Waals surface area contributed by atoms with Crippen LogP contribution in [0.4, 0.5) is 17.1 Å². The molecule has 0 saturated carbocycles. The van der Waals surface area contributed by atoms with Gasteiger partial charge in [0.2, 0.25) is 5.91 Å². The van der Waals surface area contributed by atoms with Gasteiger partial charge in [0.1, 0.15) is 5.69 Å². The number of carboxylic acids is 1. The zero-order valence-electron chi connectivity index (χ0n) is 14.1. The van der Waals surface area contributed by atoms with Crippen LogP contribution in [-0.4, -0.2) is 44.2 Å². The summed E-state index contributed by atoms with van der Waals surface area (Å²) in [5.74, 6) is -3.60. The van der Waals surface area contributed by atoms with Gasteiger partial charge in [0.05, 0.1) is 22.0 Å². The minimum absolute atomic E-state index is 0.242. The summed E-state index contributed by atoms with van der Waals surface area (Å²) in [7, 11) is 0. The third-order valence-electron chi connectivity index (χ3n) is 3.74. The molecule has 1 amide bonds. The molecule has 0 aliphatic rings. The van der Waals surface area contributed by atoms with E-state index in [1.54, 1.807) is 0 Å². The molecule has 2 atom stereocenters. The van der Waals surface area contributed by atoms with Crippen molar-refractivity contribution in [1.29, 1.82) is 0 Å². The molecule has 0 radical (unpaired) electrons. The zero-order valence-corrected chi connectivity index (χ0v) is 14.1. The lowest BCUT2D eigenvalue weighted by Gasteiger charge is -2.26. The third kappa shape index (κ3) is 4.94. The van der Waals surface area contributed by atoms with Crippen LogP contribution >= 0.6 is 0 Å². The van der Waals surface area contributed by atoms with Crippen LogP contribution in [0.5, 0.6) is 0 Å². The molecule has 0 heterocycles. The number of nitro benzene ring substituents is 2. The van der Waals surface area contributed by atoms with Crippen molar-refractivity contribution in [3.8, 4) is 0 Å². The first-order valence-electron chi connectivity index (χ1n) is 7.44. The maximum Gasteiger partial charge on any atom is 0.331 e. The fourth-order valence-electron chi connectivity index (χ4n) is 2.25. The van der Waals surface area contributed by atoms with E-state index in [0.717, 1.165) is 12.1 Å². The Morgan fingerprint density at radius 1 is 1.26 bits per heavy atom. The second-order valence-corrected chi connectivity index (χ2v) is 5.69. The van der Waals surface area contributed by atoms with Crippen molar-refractivity contribution in [2.75, 3.05) is 5.32 Å². The number of Topliss-reactive ketones (excluding diaryl/α,β-unsaturated/α-hetero) is 1. The van der Waals surface area contributed by atoms with Crippen molar-refractivity contribution >= 4 is 34.7 Å². The summed E-state index contributed by atoms with van der Waals surface area (Å²) >= 11 is 0. The Kier molecular flexibility index (Phi) is 6.49. The highest BCUT2D eigenvalue weighted by Gasteiger charge is 2.44. The van der Waals surface area contributed by atoms with Gasteiger partial charge in [-0.05, 0) is 19.4 Å². The number of carboxylic acid groups (broad SMARTS) is 1. The average Bonchev–Trinajstić information content (AvgIpc) is 2.58. The molecule has 13 heteroatoms. The highest BCUT2D eigenvalue weighted by Crippen LogP contribution is 2.30. The van der Waals surface area contributed by atoms with E-state index in [2.05, 4.69) is 5.32 Å². The van der Waals surface area contributed by atoms with Gasteiger partial charge >= 0.3 is 5.97 Å². The van der Waals surface area contributed by atoms with E-state index in [4.69, 9.17) is 11.5 Å². The normalized spacial score (nSPS) is 13.9. The number of primary amides is 1. The first kappa shape index (κ1) is 21.4. The molecule has 1 aromatic carbocycles. The van der Waals surface area contributed by atoms with Crippen molar-refractivity contribution in [3.63, 3.8) is 0 Å². The molecule has 27 heavy (non-hydrogen) atoms. The van der Waals surface area contributed by atoms with Gasteiger partial charge in [0.25, 0.3) is 11.4 Å². The molecule has 6 N–H and O–H groups in total. The predicted octanol–water partition coefficient (Wildman–Crippen LogP) is -0.0799. The Balaban J connectivity index is 3.15.